The normalized spacial score (nSPS) is 13.8. The molecule has 6 heteroatoms. The first-order valence-electron chi connectivity index (χ1n) is 10.7. The van der Waals surface area contributed by atoms with E-state index in [-0.39, 0.29) is 18.4 Å². The Hall–Kier alpha value is -3.02. The minimum absolute atomic E-state index is 0.0832. The van der Waals surface area contributed by atoms with E-state index in [0.717, 1.165) is 43.1 Å². The number of hydrogen-bond acceptors (Lipinski definition) is 4. The Morgan fingerprint density at radius 2 is 1.57 bits per heavy atom. The van der Waals surface area contributed by atoms with Crippen molar-refractivity contribution in [2.45, 2.75) is 33.1 Å². The molecule has 2 amide bonds. The number of ether oxygens (including phenoxy) is 1. The SMILES string of the molecule is CC(C)COc1ccc(NC(=O)CNc2ccc(C(=O)N3CCCCC3)cc2)cc1. The standard InChI is InChI=1S/C24H31N3O3/c1-18(2)17-30-22-12-10-21(11-13-22)26-23(28)16-25-20-8-6-19(7-9-20)24(29)27-14-4-3-5-15-27/h6-13,18,25H,3-5,14-17H2,1-2H3,(H,26,28). The van der Waals surface area contributed by atoms with Crippen molar-refractivity contribution in [1.29, 1.82) is 0 Å². The van der Waals surface area contributed by atoms with E-state index in [1.807, 2.05) is 53.4 Å². The lowest BCUT2D eigenvalue weighted by molar-refractivity contribution is -0.114. The van der Waals surface area contributed by atoms with Crippen molar-refractivity contribution in [2.75, 3.05) is 36.9 Å². The molecule has 3 rings (SSSR count). The van der Waals surface area contributed by atoms with Crippen molar-refractivity contribution >= 4 is 23.2 Å². The smallest absolute Gasteiger partial charge is 0.253 e. The summed E-state index contributed by atoms with van der Waals surface area (Å²) >= 11 is 0. The zero-order chi connectivity index (χ0) is 21.3. The van der Waals surface area contributed by atoms with Crippen molar-refractivity contribution in [3.8, 4) is 5.75 Å². The Kier molecular flexibility index (Phi) is 7.71. The molecule has 0 bridgehead atoms. The zero-order valence-corrected chi connectivity index (χ0v) is 17.8. The second-order valence-corrected chi connectivity index (χ2v) is 8.06. The highest BCUT2D eigenvalue weighted by Crippen LogP contribution is 2.17. The molecule has 1 aliphatic heterocycles. The number of nitrogens with zero attached hydrogens (tertiary/aromatic N) is 1. The summed E-state index contributed by atoms with van der Waals surface area (Å²) in [6.07, 6.45) is 3.35. The summed E-state index contributed by atoms with van der Waals surface area (Å²) in [5.74, 6) is 1.20. The summed E-state index contributed by atoms with van der Waals surface area (Å²) in [5.41, 5.74) is 2.21. The number of anilines is 2. The van der Waals surface area contributed by atoms with Gasteiger partial charge in [-0.1, -0.05) is 13.8 Å². The van der Waals surface area contributed by atoms with Gasteiger partial charge in [0.2, 0.25) is 5.91 Å². The maximum Gasteiger partial charge on any atom is 0.253 e. The fourth-order valence-corrected chi connectivity index (χ4v) is 3.30. The van der Waals surface area contributed by atoms with Crippen LogP contribution in [0.2, 0.25) is 0 Å². The van der Waals surface area contributed by atoms with Crippen LogP contribution in [0, 0.1) is 5.92 Å². The predicted octanol–water partition coefficient (Wildman–Crippen LogP) is 4.40. The molecule has 1 saturated heterocycles. The van der Waals surface area contributed by atoms with Crippen molar-refractivity contribution in [2.24, 2.45) is 5.92 Å². The molecule has 1 fully saturated rings. The molecule has 6 nitrogen and oxygen atoms in total. The van der Waals surface area contributed by atoms with E-state index in [2.05, 4.69) is 24.5 Å². The third kappa shape index (κ3) is 6.51. The van der Waals surface area contributed by atoms with Crippen molar-refractivity contribution in [1.82, 2.24) is 4.90 Å². The predicted molar refractivity (Wildman–Crippen MR) is 120 cm³/mol. The van der Waals surface area contributed by atoms with Crippen molar-refractivity contribution in [3.63, 3.8) is 0 Å². The van der Waals surface area contributed by atoms with Gasteiger partial charge < -0.3 is 20.3 Å². The average Bonchev–Trinajstić information content (AvgIpc) is 2.77. The highest BCUT2D eigenvalue weighted by Gasteiger charge is 2.17. The van der Waals surface area contributed by atoms with Crippen LogP contribution in [0.4, 0.5) is 11.4 Å². The minimum atomic E-state index is -0.140. The second kappa shape index (κ2) is 10.7. The van der Waals surface area contributed by atoms with E-state index in [1.165, 1.54) is 6.42 Å². The fraction of sp³-hybridized carbons (Fsp3) is 0.417. The molecule has 1 aliphatic rings. The number of amides is 2. The van der Waals surface area contributed by atoms with Gasteiger partial charge in [-0.3, -0.25) is 9.59 Å². The van der Waals surface area contributed by atoms with Crippen LogP contribution in [0.15, 0.2) is 48.5 Å². The van der Waals surface area contributed by atoms with Gasteiger partial charge in [-0.15, -0.1) is 0 Å². The number of benzene rings is 2. The van der Waals surface area contributed by atoms with Crippen molar-refractivity contribution in [3.05, 3.63) is 54.1 Å². The molecule has 0 spiro atoms. The maximum atomic E-state index is 12.5. The summed E-state index contributed by atoms with van der Waals surface area (Å²) in [5, 5.41) is 5.95. The Morgan fingerprint density at radius 1 is 0.933 bits per heavy atom. The van der Waals surface area contributed by atoms with E-state index in [1.54, 1.807) is 0 Å². The fourth-order valence-electron chi connectivity index (χ4n) is 3.30. The van der Waals surface area contributed by atoms with E-state index in [0.29, 0.717) is 18.1 Å². The molecule has 30 heavy (non-hydrogen) atoms. The summed E-state index contributed by atoms with van der Waals surface area (Å²) in [6, 6.07) is 14.7. The largest absolute Gasteiger partial charge is 0.493 e. The summed E-state index contributed by atoms with van der Waals surface area (Å²) in [7, 11) is 0. The van der Waals surface area contributed by atoms with Gasteiger partial charge in [-0.05, 0) is 73.7 Å². The highest BCUT2D eigenvalue weighted by molar-refractivity contribution is 5.95. The van der Waals surface area contributed by atoms with Gasteiger partial charge in [0.25, 0.3) is 5.91 Å². The Bertz CT molecular complexity index is 826. The monoisotopic (exact) mass is 409 g/mol. The number of likely N-dealkylation sites (tertiary alicyclic amines) is 1. The van der Waals surface area contributed by atoms with Gasteiger partial charge in [0, 0.05) is 30.0 Å². The lowest BCUT2D eigenvalue weighted by Gasteiger charge is -2.26. The van der Waals surface area contributed by atoms with Gasteiger partial charge in [0.1, 0.15) is 5.75 Å². The minimum Gasteiger partial charge on any atom is -0.493 e. The number of carbonyl (C=O) groups is 2. The number of piperidine rings is 1. The molecule has 0 saturated carbocycles. The molecular weight excluding hydrogens is 378 g/mol. The number of rotatable bonds is 8. The van der Waals surface area contributed by atoms with Gasteiger partial charge >= 0.3 is 0 Å². The molecule has 160 valence electrons. The van der Waals surface area contributed by atoms with Crippen LogP contribution in [0.3, 0.4) is 0 Å². The first-order valence-corrected chi connectivity index (χ1v) is 10.7. The third-order valence-electron chi connectivity index (χ3n) is 4.95. The van der Waals surface area contributed by atoms with Gasteiger partial charge in [0.05, 0.1) is 13.2 Å². The topological polar surface area (TPSA) is 70.7 Å². The van der Waals surface area contributed by atoms with Crippen LogP contribution in [0.5, 0.6) is 5.75 Å². The van der Waals surface area contributed by atoms with Crippen LogP contribution in [0.25, 0.3) is 0 Å². The molecular formula is C24H31N3O3. The first-order chi connectivity index (χ1) is 14.5. The van der Waals surface area contributed by atoms with Gasteiger partial charge in [-0.2, -0.15) is 0 Å². The molecule has 2 aromatic carbocycles. The maximum absolute atomic E-state index is 12.5. The van der Waals surface area contributed by atoms with Gasteiger partial charge in [-0.25, -0.2) is 0 Å². The van der Waals surface area contributed by atoms with Crippen molar-refractivity contribution < 1.29 is 14.3 Å². The summed E-state index contributed by atoms with van der Waals surface area (Å²) in [4.78, 5) is 26.6. The lowest BCUT2D eigenvalue weighted by Crippen LogP contribution is -2.35. The molecule has 0 radical (unpaired) electrons. The highest BCUT2D eigenvalue weighted by atomic mass is 16.5. The van der Waals surface area contributed by atoms with Crippen LogP contribution in [-0.2, 0) is 4.79 Å². The molecule has 2 aromatic rings. The quantitative estimate of drug-likeness (QED) is 0.678. The Labute approximate surface area is 178 Å². The second-order valence-electron chi connectivity index (χ2n) is 8.06. The number of hydrogen-bond donors (Lipinski definition) is 2. The van der Waals surface area contributed by atoms with Crippen LogP contribution >= 0.6 is 0 Å². The van der Waals surface area contributed by atoms with Crippen LogP contribution in [0.1, 0.15) is 43.5 Å². The van der Waals surface area contributed by atoms with Crippen LogP contribution < -0.4 is 15.4 Å². The van der Waals surface area contributed by atoms with E-state index < -0.39 is 0 Å². The molecule has 1 heterocycles. The average molecular weight is 410 g/mol. The third-order valence-corrected chi connectivity index (χ3v) is 4.95. The zero-order valence-electron chi connectivity index (χ0n) is 17.8. The molecule has 0 atom stereocenters. The number of carbonyl (C=O) groups excluding carboxylic acids is 2. The van der Waals surface area contributed by atoms with E-state index >= 15 is 0 Å². The summed E-state index contributed by atoms with van der Waals surface area (Å²) < 4.78 is 5.65. The Morgan fingerprint density at radius 3 is 2.20 bits per heavy atom. The summed E-state index contributed by atoms with van der Waals surface area (Å²) in [6.45, 7) is 6.68. The molecule has 0 aliphatic carbocycles. The van der Waals surface area contributed by atoms with Crippen LogP contribution in [-0.4, -0.2) is 43.0 Å². The number of nitrogens with one attached hydrogen (secondary N) is 2. The first kappa shape index (κ1) is 21.7. The Balaban J connectivity index is 1.44. The van der Waals surface area contributed by atoms with Gasteiger partial charge in [0.15, 0.2) is 0 Å². The molecule has 0 unspecified atom stereocenters. The lowest BCUT2D eigenvalue weighted by atomic mass is 10.1. The van der Waals surface area contributed by atoms with E-state index in [9.17, 15) is 9.59 Å². The molecule has 0 aromatic heterocycles. The van der Waals surface area contributed by atoms with E-state index in [4.69, 9.17) is 4.74 Å². The molecule has 2 N–H and O–H groups in total.